The molecule has 0 aromatic heterocycles. The lowest BCUT2D eigenvalue weighted by molar-refractivity contribution is -0.332. The molecule has 0 saturated carbocycles. The molecule has 6 nitrogen and oxygen atoms in total. The van der Waals surface area contributed by atoms with Crippen molar-refractivity contribution in [3.05, 3.63) is 11.3 Å². The molecule has 9 heteroatoms. The van der Waals surface area contributed by atoms with E-state index in [9.17, 15) is 27.9 Å². The molecule has 0 amide bonds. The number of hydrogen-bond donors (Lipinski definition) is 1. The van der Waals surface area contributed by atoms with Crippen LogP contribution >= 0.6 is 0 Å². The molecule has 0 aliphatic carbocycles. The molecule has 1 aliphatic rings. The number of hydrogen-bond acceptors (Lipinski definition) is 6. The summed E-state index contributed by atoms with van der Waals surface area (Å²) in [5.41, 5.74) is -3.66. The maximum absolute atomic E-state index is 13.8. The fraction of sp³-hybridized carbons (Fsp3) is 0.750. The maximum atomic E-state index is 13.8. The minimum Gasteiger partial charge on any atom is -0.469 e. The van der Waals surface area contributed by atoms with Gasteiger partial charge in [-0.15, -0.1) is 0 Å². The van der Waals surface area contributed by atoms with Gasteiger partial charge in [0.05, 0.1) is 19.8 Å². The molecule has 0 aromatic rings. The number of rotatable bonds is 4. The van der Waals surface area contributed by atoms with Crippen molar-refractivity contribution in [2.75, 3.05) is 21.3 Å². The molecule has 1 N–H and O–H groups in total. The van der Waals surface area contributed by atoms with E-state index in [2.05, 4.69) is 4.74 Å². The van der Waals surface area contributed by atoms with Gasteiger partial charge in [-0.1, -0.05) is 13.8 Å². The van der Waals surface area contributed by atoms with Crippen LogP contribution in [0.5, 0.6) is 0 Å². The number of alkyl halides is 3. The van der Waals surface area contributed by atoms with Crippen molar-refractivity contribution in [3.8, 4) is 0 Å². The standard InChI is InChI=1S/C16H24F3NO5/c1-8(2)7-10-11(13(21)24-5)9(3)20(4)15(23,16(17,18)19)12(10)14(22)25-6/h8,10,12,23H,7H2,1-6H3. The van der Waals surface area contributed by atoms with Crippen molar-refractivity contribution >= 4 is 11.9 Å². The Labute approximate surface area is 144 Å². The minimum absolute atomic E-state index is 0.0633. The quantitative estimate of drug-likeness (QED) is 0.767. The Hall–Kier alpha value is -1.77. The van der Waals surface area contributed by atoms with Gasteiger partial charge in [-0.25, -0.2) is 4.79 Å². The van der Waals surface area contributed by atoms with Crippen molar-refractivity contribution in [1.82, 2.24) is 4.90 Å². The van der Waals surface area contributed by atoms with Gasteiger partial charge in [-0.05, 0) is 19.3 Å². The van der Waals surface area contributed by atoms with Crippen LogP contribution in [0, 0.1) is 17.8 Å². The molecular weight excluding hydrogens is 343 g/mol. The molecule has 144 valence electrons. The summed E-state index contributed by atoms with van der Waals surface area (Å²) >= 11 is 0. The van der Waals surface area contributed by atoms with Gasteiger partial charge >= 0.3 is 18.1 Å². The van der Waals surface area contributed by atoms with Crippen LogP contribution in [0.2, 0.25) is 0 Å². The van der Waals surface area contributed by atoms with E-state index in [0.717, 1.165) is 21.3 Å². The van der Waals surface area contributed by atoms with Gasteiger partial charge in [-0.3, -0.25) is 4.79 Å². The average Bonchev–Trinajstić information content (AvgIpc) is 2.50. The zero-order valence-electron chi connectivity index (χ0n) is 15.1. The molecule has 0 radical (unpaired) electrons. The molecule has 0 bridgehead atoms. The van der Waals surface area contributed by atoms with Crippen molar-refractivity contribution in [2.45, 2.75) is 39.1 Å². The lowest BCUT2D eigenvalue weighted by Crippen LogP contribution is -2.68. The second-order valence-electron chi connectivity index (χ2n) is 6.51. The Kier molecular flexibility index (Phi) is 6.15. The van der Waals surface area contributed by atoms with E-state index in [-0.39, 0.29) is 23.6 Å². The normalized spacial score (nSPS) is 27.6. The summed E-state index contributed by atoms with van der Waals surface area (Å²) in [4.78, 5) is 25.0. The third-order valence-electron chi connectivity index (χ3n) is 4.61. The van der Waals surface area contributed by atoms with E-state index in [1.54, 1.807) is 13.8 Å². The highest BCUT2D eigenvalue weighted by Crippen LogP contribution is 2.51. The largest absolute Gasteiger partial charge is 0.469 e. The summed E-state index contributed by atoms with van der Waals surface area (Å²) in [6.07, 6.45) is -5.09. The second kappa shape index (κ2) is 7.23. The first-order valence-electron chi connectivity index (χ1n) is 7.74. The van der Waals surface area contributed by atoms with E-state index in [4.69, 9.17) is 4.74 Å². The molecule has 0 spiro atoms. The Bertz CT molecular complexity index is 573. The van der Waals surface area contributed by atoms with Crippen LogP contribution in [0.1, 0.15) is 27.2 Å². The van der Waals surface area contributed by atoms with E-state index in [1.165, 1.54) is 6.92 Å². The van der Waals surface area contributed by atoms with Crippen LogP contribution < -0.4 is 0 Å². The van der Waals surface area contributed by atoms with E-state index < -0.39 is 35.7 Å². The van der Waals surface area contributed by atoms with Gasteiger partial charge < -0.3 is 19.5 Å². The van der Waals surface area contributed by atoms with Crippen molar-refractivity contribution in [1.29, 1.82) is 0 Å². The number of carbonyl (C=O) groups is 2. The lowest BCUT2D eigenvalue weighted by atomic mass is 9.70. The van der Waals surface area contributed by atoms with Crippen LogP contribution in [0.3, 0.4) is 0 Å². The van der Waals surface area contributed by atoms with Crippen molar-refractivity contribution in [3.63, 3.8) is 0 Å². The number of nitrogens with zero attached hydrogens (tertiary/aromatic N) is 1. The highest BCUT2D eigenvalue weighted by Gasteiger charge is 2.69. The number of ether oxygens (including phenoxy) is 2. The Morgan fingerprint density at radius 3 is 2.16 bits per heavy atom. The van der Waals surface area contributed by atoms with E-state index in [1.807, 2.05) is 0 Å². The number of aliphatic hydroxyl groups is 1. The van der Waals surface area contributed by atoms with Crippen LogP contribution in [0.25, 0.3) is 0 Å². The first kappa shape index (κ1) is 21.3. The summed E-state index contributed by atoms with van der Waals surface area (Å²) in [7, 11) is 3.02. The van der Waals surface area contributed by atoms with Gasteiger partial charge in [0.2, 0.25) is 5.72 Å². The first-order chi connectivity index (χ1) is 11.3. The Morgan fingerprint density at radius 2 is 1.80 bits per heavy atom. The zero-order valence-corrected chi connectivity index (χ0v) is 15.1. The SMILES string of the molecule is COC(=O)C1=C(C)N(C)C(O)(C(F)(F)F)C(C(=O)OC)C1CC(C)C. The fourth-order valence-corrected chi connectivity index (χ4v) is 3.35. The molecule has 0 aromatic carbocycles. The van der Waals surface area contributed by atoms with Crippen LogP contribution in [0.15, 0.2) is 11.3 Å². The molecule has 0 fully saturated rings. The lowest BCUT2D eigenvalue weighted by Gasteiger charge is -2.50. The summed E-state index contributed by atoms with van der Waals surface area (Å²) < 4.78 is 50.6. The minimum atomic E-state index is -5.15. The van der Waals surface area contributed by atoms with Crippen LogP contribution in [-0.4, -0.2) is 55.1 Å². The molecule has 3 atom stereocenters. The molecule has 1 aliphatic heterocycles. The Morgan fingerprint density at radius 1 is 1.28 bits per heavy atom. The fourth-order valence-electron chi connectivity index (χ4n) is 3.35. The molecule has 3 unspecified atom stereocenters. The summed E-state index contributed by atoms with van der Waals surface area (Å²) in [6, 6.07) is 0. The predicted molar refractivity (Wildman–Crippen MR) is 81.9 cm³/mol. The number of methoxy groups -OCH3 is 2. The number of carbonyl (C=O) groups excluding carboxylic acids is 2. The molecule has 1 rings (SSSR count). The topological polar surface area (TPSA) is 76.1 Å². The number of esters is 2. The van der Waals surface area contributed by atoms with Gasteiger partial charge in [0, 0.05) is 18.7 Å². The first-order valence-corrected chi connectivity index (χ1v) is 7.74. The van der Waals surface area contributed by atoms with E-state index in [0.29, 0.717) is 4.90 Å². The third kappa shape index (κ3) is 3.47. The van der Waals surface area contributed by atoms with Crippen LogP contribution in [0.4, 0.5) is 13.2 Å². The van der Waals surface area contributed by atoms with Gasteiger partial charge in [0.1, 0.15) is 5.92 Å². The molecule has 1 heterocycles. The van der Waals surface area contributed by atoms with Gasteiger partial charge in [0.15, 0.2) is 0 Å². The zero-order chi connectivity index (χ0) is 19.7. The van der Waals surface area contributed by atoms with Crippen molar-refractivity contribution < 1.29 is 37.3 Å². The van der Waals surface area contributed by atoms with Gasteiger partial charge in [-0.2, -0.15) is 13.2 Å². The number of allylic oxidation sites excluding steroid dienone is 1. The third-order valence-corrected chi connectivity index (χ3v) is 4.61. The monoisotopic (exact) mass is 367 g/mol. The van der Waals surface area contributed by atoms with Crippen molar-refractivity contribution in [2.24, 2.45) is 17.8 Å². The number of halogens is 3. The molecule has 0 saturated heterocycles. The summed E-state index contributed by atoms with van der Waals surface area (Å²) in [6.45, 7) is 4.76. The van der Waals surface area contributed by atoms with E-state index >= 15 is 0 Å². The highest BCUT2D eigenvalue weighted by molar-refractivity contribution is 5.92. The van der Waals surface area contributed by atoms with Gasteiger partial charge in [0.25, 0.3) is 0 Å². The Balaban J connectivity index is 3.78. The maximum Gasteiger partial charge on any atom is 0.437 e. The second-order valence-corrected chi connectivity index (χ2v) is 6.51. The summed E-state index contributed by atoms with van der Waals surface area (Å²) in [5, 5.41) is 10.6. The average molecular weight is 367 g/mol. The van der Waals surface area contributed by atoms with Crippen LogP contribution in [-0.2, 0) is 19.1 Å². The predicted octanol–water partition coefficient (Wildman–Crippen LogP) is 2.08. The molecular formula is C16H24F3NO5. The molecule has 25 heavy (non-hydrogen) atoms. The highest BCUT2D eigenvalue weighted by atomic mass is 19.4. The smallest absolute Gasteiger partial charge is 0.437 e. The summed E-state index contributed by atoms with van der Waals surface area (Å²) in [5.74, 6) is -5.46.